The molecular formula is C14H20N2O3. The van der Waals surface area contributed by atoms with Crippen molar-refractivity contribution in [1.29, 1.82) is 0 Å². The van der Waals surface area contributed by atoms with E-state index in [1.807, 2.05) is 30.3 Å². The Morgan fingerprint density at radius 3 is 2.42 bits per heavy atom. The number of benzene rings is 1. The molecule has 0 fully saturated rings. The SMILES string of the molecule is CC(C)C(OC(N)=O)C(=O)NCCc1ccccc1. The van der Waals surface area contributed by atoms with Crippen LogP contribution in [0, 0.1) is 5.92 Å². The van der Waals surface area contributed by atoms with Gasteiger partial charge in [-0.25, -0.2) is 4.79 Å². The van der Waals surface area contributed by atoms with Crippen LogP contribution in [-0.2, 0) is 16.0 Å². The smallest absolute Gasteiger partial charge is 0.405 e. The summed E-state index contributed by atoms with van der Waals surface area (Å²) in [5.74, 6) is -0.436. The lowest BCUT2D eigenvalue weighted by molar-refractivity contribution is -0.131. The molecule has 1 atom stereocenters. The molecule has 0 heterocycles. The fraction of sp³-hybridized carbons (Fsp3) is 0.429. The van der Waals surface area contributed by atoms with Crippen LogP contribution in [-0.4, -0.2) is 24.6 Å². The molecule has 0 saturated heterocycles. The molecule has 1 unspecified atom stereocenters. The van der Waals surface area contributed by atoms with E-state index >= 15 is 0 Å². The standard InChI is InChI=1S/C14H20N2O3/c1-10(2)12(19-14(15)18)13(17)16-9-8-11-6-4-3-5-7-11/h3-7,10,12H,8-9H2,1-2H3,(H2,15,18)(H,16,17). The Kier molecular flexibility index (Phi) is 5.85. The highest BCUT2D eigenvalue weighted by atomic mass is 16.6. The number of rotatable bonds is 6. The van der Waals surface area contributed by atoms with Gasteiger partial charge >= 0.3 is 6.09 Å². The number of carbonyl (C=O) groups excluding carboxylic acids is 2. The molecule has 0 saturated carbocycles. The zero-order chi connectivity index (χ0) is 14.3. The molecule has 0 aliphatic rings. The molecule has 19 heavy (non-hydrogen) atoms. The van der Waals surface area contributed by atoms with Gasteiger partial charge in [0.05, 0.1) is 0 Å². The Morgan fingerprint density at radius 1 is 1.26 bits per heavy atom. The number of nitrogens with one attached hydrogen (secondary N) is 1. The zero-order valence-electron chi connectivity index (χ0n) is 11.3. The summed E-state index contributed by atoms with van der Waals surface area (Å²) in [5.41, 5.74) is 6.09. The van der Waals surface area contributed by atoms with Crippen molar-refractivity contribution in [2.24, 2.45) is 11.7 Å². The van der Waals surface area contributed by atoms with Crippen molar-refractivity contribution in [2.75, 3.05) is 6.54 Å². The number of ether oxygens (including phenoxy) is 1. The van der Waals surface area contributed by atoms with Crippen molar-refractivity contribution in [3.8, 4) is 0 Å². The first-order valence-electron chi connectivity index (χ1n) is 6.28. The summed E-state index contributed by atoms with van der Waals surface area (Å²) < 4.78 is 4.80. The molecule has 1 aromatic carbocycles. The Balaban J connectivity index is 2.42. The molecular weight excluding hydrogens is 244 g/mol. The van der Waals surface area contributed by atoms with E-state index in [-0.39, 0.29) is 11.8 Å². The van der Waals surface area contributed by atoms with Crippen molar-refractivity contribution >= 4 is 12.0 Å². The van der Waals surface area contributed by atoms with Crippen molar-refractivity contribution < 1.29 is 14.3 Å². The predicted octanol–water partition coefficient (Wildman–Crippen LogP) is 1.47. The molecule has 0 radical (unpaired) electrons. The van der Waals surface area contributed by atoms with E-state index in [2.05, 4.69) is 5.32 Å². The van der Waals surface area contributed by atoms with E-state index in [4.69, 9.17) is 10.5 Å². The van der Waals surface area contributed by atoms with Gasteiger partial charge in [-0.05, 0) is 17.9 Å². The third-order valence-corrected chi connectivity index (χ3v) is 2.66. The molecule has 0 aliphatic carbocycles. The highest BCUT2D eigenvalue weighted by Gasteiger charge is 2.25. The summed E-state index contributed by atoms with van der Waals surface area (Å²) in [7, 11) is 0. The number of amides is 2. The van der Waals surface area contributed by atoms with Crippen LogP contribution in [0.5, 0.6) is 0 Å². The molecule has 0 bridgehead atoms. The van der Waals surface area contributed by atoms with E-state index in [0.29, 0.717) is 6.54 Å². The summed E-state index contributed by atoms with van der Waals surface area (Å²) in [5, 5.41) is 2.75. The van der Waals surface area contributed by atoms with Crippen LogP contribution in [0.4, 0.5) is 4.79 Å². The average molecular weight is 264 g/mol. The number of hydrogen-bond donors (Lipinski definition) is 2. The van der Waals surface area contributed by atoms with Crippen LogP contribution in [0.2, 0.25) is 0 Å². The van der Waals surface area contributed by atoms with Crippen molar-refractivity contribution in [3.63, 3.8) is 0 Å². The number of nitrogens with two attached hydrogens (primary N) is 1. The maximum Gasteiger partial charge on any atom is 0.405 e. The normalized spacial score (nSPS) is 11.9. The van der Waals surface area contributed by atoms with Crippen molar-refractivity contribution in [2.45, 2.75) is 26.4 Å². The molecule has 1 aromatic rings. The number of primary amides is 1. The summed E-state index contributed by atoms with van der Waals surface area (Å²) in [6, 6.07) is 9.82. The van der Waals surface area contributed by atoms with Gasteiger partial charge in [0.25, 0.3) is 5.91 Å². The van der Waals surface area contributed by atoms with Gasteiger partial charge in [-0.3, -0.25) is 4.79 Å². The van der Waals surface area contributed by atoms with Crippen molar-refractivity contribution in [3.05, 3.63) is 35.9 Å². The minimum atomic E-state index is -0.933. The summed E-state index contributed by atoms with van der Waals surface area (Å²) >= 11 is 0. The fourth-order valence-electron chi connectivity index (χ4n) is 1.69. The van der Waals surface area contributed by atoms with E-state index in [1.54, 1.807) is 13.8 Å². The number of carbonyl (C=O) groups is 2. The van der Waals surface area contributed by atoms with Gasteiger partial charge in [0, 0.05) is 6.54 Å². The van der Waals surface area contributed by atoms with Crippen LogP contribution < -0.4 is 11.1 Å². The summed E-state index contributed by atoms with van der Waals surface area (Å²) in [6.07, 6.45) is -1.04. The second kappa shape index (κ2) is 7.41. The monoisotopic (exact) mass is 264 g/mol. The molecule has 2 amide bonds. The largest absolute Gasteiger partial charge is 0.436 e. The molecule has 0 aromatic heterocycles. The van der Waals surface area contributed by atoms with E-state index < -0.39 is 12.2 Å². The first kappa shape index (κ1) is 15.0. The lowest BCUT2D eigenvalue weighted by atomic mass is 10.1. The highest BCUT2D eigenvalue weighted by molar-refractivity contribution is 5.83. The Hall–Kier alpha value is -2.04. The maximum atomic E-state index is 11.9. The quantitative estimate of drug-likeness (QED) is 0.816. The lowest BCUT2D eigenvalue weighted by Crippen LogP contribution is -2.42. The van der Waals surface area contributed by atoms with Gasteiger partial charge in [0.1, 0.15) is 0 Å². The molecule has 0 aliphatic heterocycles. The Labute approximate surface area is 113 Å². The molecule has 104 valence electrons. The maximum absolute atomic E-state index is 11.9. The van der Waals surface area contributed by atoms with Gasteiger partial charge < -0.3 is 15.8 Å². The van der Waals surface area contributed by atoms with E-state index in [9.17, 15) is 9.59 Å². The van der Waals surface area contributed by atoms with E-state index in [0.717, 1.165) is 12.0 Å². The lowest BCUT2D eigenvalue weighted by Gasteiger charge is -2.19. The van der Waals surface area contributed by atoms with Crippen LogP contribution in [0.1, 0.15) is 19.4 Å². The van der Waals surface area contributed by atoms with Gasteiger partial charge in [-0.15, -0.1) is 0 Å². The minimum Gasteiger partial charge on any atom is -0.436 e. The predicted molar refractivity (Wildman–Crippen MR) is 72.5 cm³/mol. The molecule has 0 spiro atoms. The topological polar surface area (TPSA) is 81.4 Å². The number of hydrogen-bond acceptors (Lipinski definition) is 3. The Bertz CT molecular complexity index is 418. The highest BCUT2D eigenvalue weighted by Crippen LogP contribution is 2.07. The second-order valence-corrected chi connectivity index (χ2v) is 4.63. The molecule has 3 N–H and O–H groups in total. The van der Waals surface area contributed by atoms with Crippen LogP contribution in [0.25, 0.3) is 0 Å². The Morgan fingerprint density at radius 2 is 1.89 bits per heavy atom. The third kappa shape index (κ3) is 5.42. The van der Waals surface area contributed by atoms with Crippen LogP contribution in [0.15, 0.2) is 30.3 Å². The van der Waals surface area contributed by atoms with Crippen LogP contribution in [0.3, 0.4) is 0 Å². The zero-order valence-corrected chi connectivity index (χ0v) is 11.3. The summed E-state index contributed by atoms with van der Waals surface area (Å²) in [4.78, 5) is 22.6. The van der Waals surface area contributed by atoms with Gasteiger partial charge in [0.15, 0.2) is 6.10 Å². The minimum absolute atomic E-state index is 0.121. The van der Waals surface area contributed by atoms with Gasteiger partial charge in [-0.1, -0.05) is 44.2 Å². The third-order valence-electron chi connectivity index (χ3n) is 2.66. The first-order valence-corrected chi connectivity index (χ1v) is 6.28. The molecule has 1 rings (SSSR count). The van der Waals surface area contributed by atoms with E-state index in [1.165, 1.54) is 0 Å². The average Bonchev–Trinajstić information content (AvgIpc) is 2.36. The molecule has 5 nitrogen and oxygen atoms in total. The summed E-state index contributed by atoms with van der Waals surface area (Å²) in [6.45, 7) is 4.09. The van der Waals surface area contributed by atoms with Crippen LogP contribution >= 0.6 is 0 Å². The fourth-order valence-corrected chi connectivity index (χ4v) is 1.69. The first-order chi connectivity index (χ1) is 9.00. The second-order valence-electron chi connectivity index (χ2n) is 4.63. The van der Waals surface area contributed by atoms with Crippen molar-refractivity contribution in [1.82, 2.24) is 5.32 Å². The van der Waals surface area contributed by atoms with Gasteiger partial charge in [-0.2, -0.15) is 0 Å². The molecule has 5 heteroatoms. The van der Waals surface area contributed by atoms with Gasteiger partial charge in [0.2, 0.25) is 0 Å².